The molecule has 27 heavy (non-hydrogen) atoms. The van der Waals surface area contributed by atoms with E-state index in [0.29, 0.717) is 5.75 Å². The van der Waals surface area contributed by atoms with Gasteiger partial charge in [0, 0.05) is 5.56 Å². The molecular formula is C21H17FN2O3. The van der Waals surface area contributed by atoms with Crippen molar-refractivity contribution in [1.29, 1.82) is 0 Å². The number of rotatable bonds is 5. The fourth-order valence-electron chi connectivity index (χ4n) is 2.36. The van der Waals surface area contributed by atoms with E-state index in [-0.39, 0.29) is 12.2 Å². The van der Waals surface area contributed by atoms with Crippen molar-refractivity contribution in [2.75, 3.05) is 6.61 Å². The molecule has 0 unspecified atom stereocenters. The molecule has 6 heteroatoms. The van der Waals surface area contributed by atoms with Gasteiger partial charge >= 0.3 is 0 Å². The lowest BCUT2D eigenvalue weighted by molar-refractivity contribution is -0.123. The number of carbonyl (C=O) groups excluding carboxylic acids is 2. The van der Waals surface area contributed by atoms with Crippen LogP contribution in [0.4, 0.5) is 4.39 Å². The molecule has 0 heterocycles. The van der Waals surface area contributed by atoms with Crippen LogP contribution in [-0.4, -0.2) is 18.4 Å². The molecule has 0 aliphatic rings. The molecule has 0 aliphatic heterocycles. The molecule has 0 spiro atoms. The standard InChI is InChI=1S/C21H17FN2O3/c22-18-10-6-17(7-11-18)21(26)24-23-20(25)14-27-19-12-8-16(9-13-19)15-4-2-1-3-5-15/h1-13H,14H2,(H,23,25)(H,24,26). The summed E-state index contributed by atoms with van der Waals surface area (Å²) < 4.78 is 18.2. The van der Waals surface area contributed by atoms with Gasteiger partial charge in [0.25, 0.3) is 11.8 Å². The van der Waals surface area contributed by atoms with Crippen LogP contribution in [0, 0.1) is 5.82 Å². The van der Waals surface area contributed by atoms with Crippen molar-refractivity contribution in [2.45, 2.75) is 0 Å². The number of carbonyl (C=O) groups is 2. The maximum atomic E-state index is 12.8. The average molecular weight is 364 g/mol. The molecular weight excluding hydrogens is 347 g/mol. The summed E-state index contributed by atoms with van der Waals surface area (Å²) in [5, 5.41) is 0. The highest BCUT2D eigenvalue weighted by Crippen LogP contribution is 2.21. The van der Waals surface area contributed by atoms with E-state index in [1.807, 2.05) is 42.5 Å². The monoisotopic (exact) mass is 364 g/mol. The molecule has 0 radical (unpaired) electrons. The molecule has 2 amide bonds. The van der Waals surface area contributed by atoms with Crippen LogP contribution in [0.1, 0.15) is 10.4 Å². The zero-order chi connectivity index (χ0) is 19.1. The topological polar surface area (TPSA) is 67.4 Å². The number of hydrogen-bond acceptors (Lipinski definition) is 3. The second-order valence-corrected chi connectivity index (χ2v) is 5.69. The number of hydrazine groups is 1. The fourth-order valence-corrected chi connectivity index (χ4v) is 2.36. The molecule has 0 atom stereocenters. The Kier molecular flexibility index (Phi) is 5.79. The predicted octanol–water partition coefficient (Wildman–Crippen LogP) is 3.33. The smallest absolute Gasteiger partial charge is 0.276 e. The largest absolute Gasteiger partial charge is 0.484 e. The lowest BCUT2D eigenvalue weighted by atomic mass is 10.1. The van der Waals surface area contributed by atoms with E-state index in [9.17, 15) is 14.0 Å². The lowest BCUT2D eigenvalue weighted by Crippen LogP contribution is -2.43. The highest BCUT2D eigenvalue weighted by molar-refractivity contribution is 5.95. The van der Waals surface area contributed by atoms with Gasteiger partial charge in [0.2, 0.25) is 0 Å². The lowest BCUT2D eigenvalue weighted by Gasteiger charge is -2.09. The van der Waals surface area contributed by atoms with E-state index in [2.05, 4.69) is 10.9 Å². The Morgan fingerprint density at radius 3 is 2.07 bits per heavy atom. The van der Waals surface area contributed by atoms with Gasteiger partial charge in [-0.1, -0.05) is 42.5 Å². The highest BCUT2D eigenvalue weighted by atomic mass is 19.1. The fraction of sp³-hybridized carbons (Fsp3) is 0.0476. The van der Waals surface area contributed by atoms with Gasteiger partial charge in [-0.3, -0.25) is 20.4 Å². The van der Waals surface area contributed by atoms with Gasteiger partial charge < -0.3 is 4.74 Å². The second kappa shape index (κ2) is 8.62. The third-order valence-corrected chi connectivity index (χ3v) is 3.75. The number of benzene rings is 3. The van der Waals surface area contributed by atoms with Gasteiger partial charge in [0.05, 0.1) is 0 Å². The molecule has 0 aromatic heterocycles. The quantitative estimate of drug-likeness (QED) is 0.683. The normalized spacial score (nSPS) is 10.1. The summed E-state index contributed by atoms with van der Waals surface area (Å²) in [6.07, 6.45) is 0. The molecule has 3 aromatic carbocycles. The first-order chi connectivity index (χ1) is 13.1. The maximum Gasteiger partial charge on any atom is 0.276 e. The van der Waals surface area contributed by atoms with E-state index in [0.717, 1.165) is 11.1 Å². The van der Waals surface area contributed by atoms with Crippen LogP contribution in [0.15, 0.2) is 78.9 Å². The van der Waals surface area contributed by atoms with Crippen LogP contribution >= 0.6 is 0 Å². The van der Waals surface area contributed by atoms with Crippen molar-refractivity contribution >= 4 is 11.8 Å². The predicted molar refractivity (Wildman–Crippen MR) is 99.4 cm³/mol. The first-order valence-electron chi connectivity index (χ1n) is 8.25. The van der Waals surface area contributed by atoms with Crippen molar-refractivity contribution in [3.63, 3.8) is 0 Å². The van der Waals surface area contributed by atoms with Crippen LogP contribution in [0.25, 0.3) is 11.1 Å². The zero-order valence-corrected chi connectivity index (χ0v) is 14.3. The number of amides is 2. The summed E-state index contributed by atoms with van der Waals surface area (Å²) in [5.74, 6) is -0.967. The van der Waals surface area contributed by atoms with Crippen molar-refractivity contribution in [3.05, 3.63) is 90.2 Å². The van der Waals surface area contributed by atoms with Crippen LogP contribution in [0.2, 0.25) is 0 Å². The minimum atomic E-state index is -0.546. The number of nitrogens with one attached hydrogen (secondary N) is 2. The van der Waals surface area contributed by atoms with Crippen molar-refractivity contribution in [3.8, 4) is 16.9 Å². The Bertz CT molecular complexity index is 910. The minimum absolute atomic E-state index is 0.231. The average Bonchev–Trinajstić information content (AvgIpc) is 2.72. The summed E-state index contributed by atoms with van der Waals surface area (Å²) in [5.41, 5.74) is 6.85. The summed E-state index contributed by atoms with van der Waals surface area (Å²) in [4.78, 5) is 23.6. The van der Waals surface area contributed by atoms with Gasteiger partial charge in [-0.05, 0) is 47.5 Å². The molecule has 3 aromatic rings. The van der Waals surface area contributed by atoms with Crippen LogP contribution in [0.3, 0.4) is 0 Å². The molecule has 5 nitrogen and oxygen atoms in total. The molecule has 0 bridgehead atoms. The number of halogens is 1. The van der Waals surface area contributed by atoms with E-state index in [1.54, 1.807) is 12.1 Å². The van der Waals surface area contributed by atoms with E-state index >= 15 is 0 Å². The van der Waals surface area contributed by atoms with E-state index < -0.39 is 17.6 Å². The summed E-state index contributed by atoms with van der Waals surface area (Å²) in [7, 11) is 0. The van der Waals surface area contributed by atoms with Crippen LogP contribution < -0.4 is 15.6 Å². The molecule has 2 N–H and O–H groups in total. The van der Waals surface area contributed by atoms with Gasteiger partial charge in [-0.25, -0.2) is 4.39 Å². The van der Waals surface area contributed by atoms with Gasteiger partial charge in [0.1, 0.15) is 11.6 Å². The first kappa shape index (κ1) is 18.1. The Hall–Kier alpha value is -3.67. The number of ether oxygens (including phenoxy) is 1. The van der Waals surface area contributed by atoms with Gasteiger partial charge in [-0.2, -0.15) is 0 Å². The second-order valence-electron chi connectivity index (χ2n) is 5.69. The molecule has 136 valence electrons. The number of hydrogen-bond donors (Lipinski definition) is 2. The summed E-state index contributed by atoms with van der Waals surface area (Å²) in [6.45, 7) is -0.256. The van der Waals surface area contributed by atoms with Crippen LogP contribution in [-0.2, 0) is 4.79 Å². The minimum Gasteiger partial charge on any atom is -0.484 e. The molecule has 0 aliphatic carbocycles. The van der Waals surface area contributed by atoms with E-state index in [1.165, 1.54) is 24.3 Å². The van der Waals surface area contributed by atoms with Crippen molar-refractivity contribution < 1.29 is 18.7 Å². The third kappa shape index (κ3) is 5.15. The first-order valence-corrected chi connectivity index (χ1v) is 8.25. The van der Waals surface area contributed by atoms with Gasteiger partial charge in [-0.15, -0.1) is 0 Å². The van der Waals surface area contributed by atoms with E-state index in [4.69, 9.17) is 4.74 Å². The Morgan fingerprint density at radius 2 is 1.41 bits per heavy atom. The van der Waals surface area contributed by atoms with Gasteiger partial charge in [0.15, 0.2) is 6.61 Å². The van der Waals surface area contributed by atoms with Crippen molar-refractivity contribution in [1.82, 2.24) is 10.9 Å². The maximum absolute atomic E-state index is 12.8. The van der Waals surface area contributed by atoms with Crippen LogP contribution in [0.5, 0.6) is 5.75 Å². The highest BCUT2D eigenvalue weighted by Gasteiger charge is 2.08. The molecule has 0 saturated carbocycles. The molecule has 3 rings (SSSR count). The summed E-state index contributed by atoms with van der Waals surface area (Å²) in [6, 6.07) is 22.2. The Balaban J connectivity index is 1.46. The third-order valence-electron chi connectivity index (χ3n) is 3.75. The molecule has 0 saturated heterocycles. The Labute approximate surface area is 155 Å². The molecule has 0 fully saturated rings. The Morgan fingerprint density at radius 1 is 0.778 bits per heavy atom. The summed E-state index contributed by atoms with van der Waals surface area (Å²) >= 11 is 0. The van der Waals surface area contributed by atoms with Crippen molar-refractivity contribution in [2.24, 2.45) is 0 Å². The zero-order valence-electron chi connectivity index (χ0n) is 14.3. The SMILES string of the molecule is O=C(COc1ccc(-c2ccccc2)cc1)NNC(=O)c1ccc(F)cc1.